The number of hydrogen-bond donors (Lipinski definition) is 3. The molecular formula is C23H27N5O2S. The first-order valence-electron chi connectivity index (χ1n) is 10.2. The zero-order valence-corrected chi connectivity index (χ0v) is 18.9. The van der Waals surface area contributed by atoms with E-state index >= 15 is 0 Å². The van der Waals surface area contributed by atoms with E-state index < -0.39 is 12.1 Å². The summed E-state index contributed by atoms with van der Waals surface area (Å²) in [5.74, 6) is -0.381. The monoisotopic (exact) mass is 437 g/mol. The van der Waals surface area contributed by atoms with Gasteiger partial charge in [0.2, 0.25) is 11.0 Å². The Morgan fingerprint density at radius 1 is 1.00 bits per heavy atom. The van der Waals surface area contributed by atoms with E-state index in [1.807, 2.05) is 70.2 Å². The molecule has 0 saturated heterocycles. The van der Waals surface area contributed by atoms with Gasteiger partial charge in [-0.25, -0.2) is 4.79 Å². The zero-order valence-electron chi connectivity index (χ0n) is 18.1. The van der Waals surface area contributed by atoms with Gasteiger partial charge in [0.15, 0.2) is 0 Å². The molecule has 0 fully saturated rings. The second-order valence-electron chi connectivity index (χ2n) is 7.60. The van der Waals surface area contributed by atoms with Crippen LogP contribution >= 0.6 is 11.3 Å². The second-order valence-corrected chi connectivity index (χ2v) is 8.58. The molecule has 7 nitrogen and oxygen atoms in total. The van der Waals surface area contributed by atoms with E-state index in [9.17, 15) is 9.59 Å². The lowest BCUT2D eigenvalue weighted by Crippen LogP contribution is -2.49. The molecule has 0 saturated carbocycles. The van der Waals surface area contributed by atoms with Crippen LogP contribution in [0.1, 0.15) is 31.4 Å². The summed E-state index contributed by atoms with van der Waals surface area (Å²) in [7, 11) is 0. The minimum Gasteiger partial charge on any atom is -0.326 e. The Bertz CT molecular complexity index is 1050. The first-order valence-corrected chi connectivity index (χ1v) is 11.0. The van der Waals surface area contributed by atoms with Crippen LogP contribution < -0.4 is 16.0 Å². The fraction of sp³-hybridized carbons (Fsp3) is 0.304. The lowest BCUT2D eigenvalue weighted by Gasteiger charge is -2.23. The number of urea groups is 1. The van der Waals surface area contributed by atoms with Crippen LogP contribution in [-0.2, 0) is 4.79 Å². The topological polar surface area (TPSA) is 96.0 Å². The highest BCUT2D eigenvalue weighted by atomic mass is 32.1. The molecule has 3 aromatic rings. The highest BCUT2D eigenvalue weighted by molar-refractivity contribution is 7.18. The predicted octanol–water partition coefficient (Wildman–Crippen LogP) is 5.00. The number of hydrogen-bond acceptors (Lipinski definition) is 5. The number of amides is 3. The molecule has 0 bridgehead atoms. The summed E-state index contributed by atoms with van der Waals surface area (Å²) < 4.78 is 0. The van der Waals surface area contributed by atoms with Gasteiger partial charge in [-0.05, 0) is 37.5 Å². The van der Waals surface area contributed by atoms with Crippen LogP contribution in [0.4, 0.5) is 15.6 Å². The normalized spacial score (nSPS) is 12.6. The van der Waals surface area contributed by atoms with Crippen LogP contribution in [-0.4, -0.2) is 28.2 Å². The number of nitrogens with one attached hydrogen (secondary N) is 3. The molecule has 2 aromatic carbocycles. The van der Waals surface area contributed by atoms with Gasteiger partial charge in [-0.15, -0.1) is 10.2 Å². The molecule has 0 unspecified atom stereocenters. The zero-order chi connectivity index (χ0) is 22.4. The van der Waals surface area contributed by atoms with Gasteiger partial charge in [0.1, 0.15) is 11.0 Å². The van der Waals surface area contributed by atoms with Crippen LogP contribution in [0.3, 0.4) is 0 Å². The van der Waals surface area contributed by atoms with E-state index in [-0.39, 0.29) is 11.8 Å². The fourth-order valence-electron chi connectivity index (χ4n) is 3.00. The van der Waals surface area contributed by atoms with E-state index in [0.29, 0.717) is 10.8 Å². The maximum absolute atomic E-state index is 12.9. The van der Waals surface area contributed by atoms with Gasteiger partial charge in [-0.2, -0.15) is 0 Å². The summed E-state index contributed by atoms with van der Waals surface area (Å²) >= 11 is 1.30. The third kappa shape index (κ3) is 6.11. The van der Waals surface area contributed by atoms with Crippen molar-refractivity contribution in [3.05, 3.63) is 59.7 Å². The molecule has 0 radical (unpaired) electrons. The number of anilines is 2. The van der Waals surface area contributed by atoms with E-state index in [1.54, 1.807) is 6.07 Å². The van der Waals surface area contributed by atoms with E-state index in [0.717, 1.165) is 28.1 Å². The molecule has 162 valence electrons. The van der Waals surface area contributed by atoms with Crippen molar-refractivity contribution < 1.29 is 9.59 Å². The van der Waals surface area contributed by atoms with E-state index in [1.165, 1.54) is 11.3 Å². The highest BCUT2D eigenvalue weighted by Crippen LogP contribution is 2.26. The number of carbonyl (C=O) groups is 2. The summed E-state index contributed by atoms with van der Waals surface area (Å²) in [5, 5.41) is 17.8. The smallest absolute Gasteiger partial charge is 0.319 e. The molecule has 3 amide bonds. The third-order valence-electron chi connectivity index (χ3n) is 5.01. The minimum absolute atomic E-state index is 0.0623. The summed E-state index contributed by atoms with van der Waals surface area (Å²) in [6, 6.07) is 14.3. The van der Waals surface area contributed by atoms with Crippen molar-refractivity contribution in [2.75, 3.05) is 10.6 Å². The Kier molecular flexibility index (Phi) is 7.36. The van der Waals surface area contributed by atoms with Crippen molar-refractivity contribution >= 4 is 34.1 Å². The Morgan fingerprint density at radius 3 is 2.42 bits per heavy atom. The quantitative estimate of drug-likeness (QED) is 0.485. The molecule has 3 N–H and O–H groups in total. The molecule has 8 heteroatoms. The first-order chi connectivity index (χ1) is 14.9. The largest absolute Gasteiger partial charge is 0.326 e. The summed E-state index contributed by atoms with van der Waals surface area (Å²) in [6.07, 6.45) is 0.730. The summed E-state index contributed by atoms with van der Waals surface area (Å²) in [4.78, 5) is 25.4. The van der Waals surface area contributed by atoms with Crippen molar-refractivity contribution in [1.82, 2.24) is 15.5 Å². The van der Waals surface area contributed by atoms with E-state index in [2.05, 4.69) is 26.1 Å². The number of rotatable bonds is 7. The van der Waals surface area contributed by atoms with Crippen LogP contribution in [0.25, 0.3) is 10.6 Å². The van der Waals surface area contributed by atoms with Crippen LogP contribution in [0, 0.1) is 19.8 Å². The maximum Gasteiger partial charge on any atom is 0.319 e. The average Bonchev–Trinajstić information content (AvgIpc) is 3.20. The molecule has 0 aliphatic heterocycles. The standard InChI is InChI=1S/C23H27N5O2S/c1-5-16(4)19(25-22(30)24-18-8-6-7-15(3)13-18)20(29)26-23-28-27-21(31-23)17-11-9-14(2)10-12-17/h6-13,16,19H,5H2,1-4H3,(H2,24,25,30)(H,26,28,29)/t16-,19+/m0/s1. The Balaban J connectivity index is 1.67. The minimum atomic E-state index is -0.707. The van der Waals surface area contributed by atoms with Gasteiger partial charge in [0.05, 0.1) is 0 Å². The second kappa shape index (κ2) is 10.2. The van der Waals surface area contributed by atoms with E-state index in [4.69, 9.17) is 0 Å². The molecule has 1 aromatic heterocycles. The van der Waals surface area contributed by atoms with Crippen molar-refractivity contribution in [3.63, 3.8) is 0 Å². The van der Waals surface area contributed by atoms with Crippen LogP contribution in [0.2, 0.25) is 0 Å². The van der Waals surface area contributed by atoms with Gasteiger partial charge in [-0.1, -0.05) is 73.6 Å². The average molecular weight is 438 g/mol. The third-order valence-corrected chi connectivity index (χ3v) is 5.90. The van der Waals surface area contributed by atoms with Crippen LogP contribution in [0.15, 0.2) is 48.5 Å². The lowest BCUT2D eigenvalue weighted by atomic mass is 9.98. The molecular weight excluding hydrogens is 410 g/mol. The van der Waals surface area contributed by atoms with Gasteiger partial charge >= 0.3 is 6.03 Å². The number of carbonyl (C=O) groups excluding carboxylic acids is 2. The summed E-state index contributed by atoms with van der Waals surface area (Å²) in [5.41, 5.74) is 3.81. The molecule has 1 heterocycles. The Hall–Kier alpha value is -3.26. The fourth-order valence-corrected chi connectivity index (χ4v) is 3.75. The number of aryl methyl sites for hydroxylation is 2. The van der Waals surface area contributed by atoms with Crippen molar-refractivity contribution in [2.24, 2.45) is 5.92 Å². The van der Waals surface area contributed by atoms with Crippen molar-refractivity contribution in [2.45, 2.75) is 40.2 Å². The molecule has 2 atom stereocenters. The Morgan fingerprint density at radius 2 is 1.74 bits per heavy atom. The first kappa shape index (κ1) is 22.4. The predicted molar refractivity (Wildman–Crippen MR) is 125 cm³/mol. The number of nitrogens with zero attached hydrogens (tertiary/aromatic N) is 2. The number of benzene rings is 2. The molecule has 3 rings (SSSR count). The molecule has 0 spiro atoms. The molecule has 0 aliphatic rings. The number of aromatic nitrogens is 2. The Labute approximate surface area is 186 Å². The lowest BCUT2D eigenvalue weighted by molar-refractivity contribution is -0.119. The van der Waals surface area contributed by atoms with Gasteiger partial charge in [0.25, 0.3) is 0 Å². The van der Waals surface area contributed by atoms with Gasteiger partial charge in [-0.3, -0.25) is 10.1 Å². The summed E-state index contributed by atoms with van der Waals surface area (Å²) in [6.45, 7) is 7.87. The molecule has 0 aliphatic carbocycles. The maximum atomic E-state index is 12.9. The SMILES string of the molecule is CC[C@H](C)[C@@H](NC(=O)Nc1cccc(C)c1)C(=O)Nc1nnc(-c2ccc(C)cc2)s1. The highest BCUT2D eigenvalue weighted by Gasteiger charge is 2.27. The van der Waals surface area contributed by atoms with Gasteiger partial charge < -0.3 is 10.6 Å². The van der Waals surface area contributed by atoms with Crippen molar-refractivity contribution in [3.8, 4) is 10.6 Å². The van der Waals surface area contributed by atoms with Crippen molar-refractivity contribution in [1.29, 1.82) is 0 Å². The van der Waals surface area contributed by atoms with Crippen LogP contribution in [0.5, 0.6) is 0 Å². The molecule has 31 heavy (non-hydrogen) atoms. The van der Waals surface area contributed by atoms with Gasteiger partial charge in [0, 0.05) is 11.3 Å².